The van der Waals surface area contributed by atoms with Crippen molar-refractivity contribution in [1.29, 1.82) is 0 Å². The van der Waals surface area contributed by atoms with Gasteiger partial charge in [-0.15, -0.1) is 0 Å². The number of anilines is 1. The summed E-state index contributed by atoms with van der Waals surface area (Å²) in [5, 5.41) is 0.719. The van der Waals surface area contributed by atoms with Gasteiger partial charge in [0.2, 0.25) is 0 Å². The normalized spacial score (nSPS) is 17.7. The molecule has 184 valence electrons. The average Bonchev–Trinajstić information content (AvgIpc) is 3.29. The van der Waals surface area contributed by atoms with Gasteiger partial charge in [0.05, 0.1) is 10.9 Å². The van der Waals surface area contributed by atoms with Crippen LogP contribution < -0.4 is 4.90 Å². The number of fused-ring (bicyclic) bond motifs is 1. The van der Waals surface area contributed by atoms with Gasteiger partial charge < -0.3 is 4.90 Å². The molecular weight excluding hydrogens is 482 g/mol. The summed E-state index contributed by atoms with van der Waals surface area (Å²) in [6, 6.07) is 16.0. The average molecular weight is 512 g/mol. The van der Waals surface area contributed by atoms with Gasteiger partial charge in [0.25, 0.3) is 10.0 Å². The first-order chi connectivity index (χ1) is 16.9. The van der Waals surface area contributed by atoms with Gasteiger partial charge in [0, 0.05) is 54.3 Å². The van der Waals surface area contributed by atoms with Crippen LogP contribution in [-0.2, 0) is 22.9 Å². The lowest BCUT2D eigenvalue weighted by Gasteiger charge is -2.38. The Hall–Kier alpha value is -2.61. The topological polar surface area (TPSA) is 62.6 Å². The van der Waals surface area contributed by atoms with Gasteiger partial charge in [0.1, 0.15) is 0 Å². The molecule has 0 saturated carbocycles. The lowest BCUT2D eigenvalue weighted by Crippen LogP contribution is -2.51. The van der Waals surface area contributed by atoms with Crippen molar-refractivity contribution in [2.75, 3.05) is 31.1 Å². The monoisotopic (exact) mass is 511 g/mol. The molecule has 1 unspecified atom stereocenters. The van der Waals surface area contributed by atoms with E-state index in [0.29, 0.717) is 12.0 Å². The van der Waals surface area contributed by atoms with Crippen LogP contribution in [0.5, 0.6) is 0 Å². The van der Waals surface area contributed by atoms with E-state index in [1.54, 1.807) is 36.5 Å². The van der Waals surface area contributed by atoms with Gasteiger partial charge in [-0.1, -0.05) is 29.8 Å². The van der Waals surface area contributed by atoms with Crippen LogP contribution in [0.4, 0.5) is 5.69 Å². The Morgan fingerprint density at radius 3 is 2.26 bits per heavy atom. The fourth-order valence-corrected chi connectivity index (χ4v) is 6.83. The first kappa shape index (κ1) is 24.1. The quantitative estimate of drug-likeness (QED) is 0.451. The van der Waals surface area contributed by atoms with Crippen molar-refractivity contribution in [2.24, 2.45) is 0 Å². The fourth-order valence-electron chi connectivity index (χ4n) is 5.24. The zero-order chi connectivity index (χ0) is 24.6. The Kier molecular flexibility index (Phi) is 6.75. The SMILES string of the molecule is CC(C(=O)c1cn(S(=O)(=O)c2ccccc2)c2c1CCCC2)N1CCN(c2ccc(Cl)cc2)CC1. The van der Waals surface area contributed by atoms with Crippen molar-refractivity contribution in [2.45, 2.75) is 43.5 Å². The Bertz CT molecular complexity index is 1310. The van der Waals surface area contributed by atoms with E-state index in [4.69, 9.17) is 11.6 Å². The van der Waals surface area contributed by atoms with Crippen LogP contribution in [0, 0.1) is 0 Å². The molecule has 0 amide bonds. The first-order valence-corrected chi connectivity index (χ1v) is 14.0. The van der Waals surface area contributed by atoms with E-state index in [9.17, 15) is 13.2 Å². The van der Waals surface area contributed by atoms with Gasteiger partial charge in [0.15, 0.2) is 5.78 Å². The molecule has 6 nitrogen and oxygen atoms in total. The van der Waals surface area contributed by atoms with Crippen LogP contribution in [0.3, 0.4) is 0 Å². The van der Waals surface area contributed by atoms with E-state index in [1.165, 1.54) is 3.97 Å². The summed E-state index contributed by atoms with van der Waals surface area (Å²) in [7, 11) is -3.75. The molecule has 0 N–H and O–H groups in total. The Balaban J connectivity index is 1.37. The minimum Gasteiger partial charge on any atom is -0.369 e. The summed E-state index contributed by atoms with van der Waals surface area (Å²) < 4.78 is 28.2. The number of aromatic nitrogens is 1. The molecule has 1 fully saturated rings. The third-order valence-electron chi connectivity index (χ3n) is 7.27. The maximum absolute atomic E-state index is 13.7. The summed E-state index contributed by atoms with van der Waals surface area (Å²) in [4.78, 5) is 18.4. The van der Waals surface area contributed by atoms with Crippen LogP contribution in [0.2, 0.25) is 5.02 Å². The number of carbonyl (C=O) groups is 1. The highest BCUT2D eigenvalue weighted by molar-refractivity contribution is 7.90. The molecule has 1 aliphatic heterocycles. The maximum Gasteiger partial charge on any atom is 0.267 e. The second-order valence-corrected chi connectivity index (χ2v) is 11.6. The smallest absolute Gasteiger partial charge is 0.267 e. The summed E-state index contributed by atoms with van der Waals surface area (Å²) in [5.74, 6) is 0.00473. The molecule has 0 spiro atoms. The maximum atomic E-state index is 13.7. The van der Waals surface area contributed by atoms with Crippen molar-refractivity contribution in [3.8, 4) is 0 Å². The van der Waals surface area contributed by atoms with Crippen LogP contribution in [0.15, 0.2) is 65.7 Å². The molecule has 0 radical (unpaired) electrons. The number of piperazine rings is 1. The van der Waals surface area contributed by atoms with Crippen LogP contribution in [0.1, 0.15) is 41.4 Å². The lowest BCUT2D eigenvalue weighted by atomic mass is 9.92. The van der Waals surface area contributed by atoms with Crippen molar-refractivity contribution in [1.82, 2.24) is 8.87 Å². The molecule has 1 saturated heterocycles. The van der Waals surface area contributed by atoms with Crippen molar-refractivity contribution < 1.29 is 13.2 Å². The molecule has 1 aliphatic carbocycles. The summed E-state index contributed by atoms with van der Waals surface area (Å²) in [5.41, 5.74) is 3.37. The fraction of sp³-hybridized carbons (Fsp3) is 0.370. The van der Waals surface area contributed by atoms with E-state index in [2.05, 4.69) is 9.80 Å². The van der Waals surface area contributed by atoms with E-state index >= 15 is 0 Å². The minimum atomic E-state index is -3.75. The number of hydrogen-bond donors (Lipinski definition) is 0. The first-order valence-electron chi connectivity index (χ1n) is 12.2. The Labute approximate surface area is 212 Å². The van der Waals surface area contributed by atoms with Crippen LogP contribution in [-0.4, -0.2) is 55.3 Å². The highest BCUT2D eigenvalue weighted by Gasteiger charge is 2.33. The second-order valence-electron chi connectivity index (χ2n) is 9.33. The highest BCUT2D eigenvalue weighted by Crippen LogP contribution is 2.31. The molecule has 3 aromatic rings. The number of halogens is 1. The summed E-state index contributed by atoms with van der Waals surface area (Å²) in [6.07, 6.45) is 4.89. The third-order valence-corrected chi connectivity index (χ3v) is 9.24. The van der Waals surface area contributed by atoms with Gasteiger partial charge in [-0.05, 0) is 74.6 Å². The van der Waals surface area contributed by atoms with Crippen LogP contribution >= 0.6 is 11.6 Å². The molecule has 2 heterocycles. The minimum absolute atomic E-state index is 0.00473. The van der Waals surface area contributed by atoms with Gasteiger partial charge in [-0.3, -0.25) is 9.69 Å². The Morgan fingerprint density at radius 2 is 1.57 bits per heavy atom. The van der Waals surface area contributed by atoms with Crippen molar-refractivity contribution in [3.63, 3.8) is 0 Å². The van der Waals surface area contributed by atoms with E-state index < -0.39 is 10.0 Å². The summed E-state index contributed by atoms with van der Waals surface area (Å²) >= 11 is 6.02. The van der Waals surface area contributed by atoms with Gasteiger partial charge >= 0.3 is 0 Å². The van der Waals surface area contributed by atoms with E-state index in [1.807, 2.05) is 31.2 Å². The largest absolute Gasteiger partial charge is 0.369 e. The number of rotatable bonds is 6. The number of hydrogen-bond acceptors (Lipinski definition) is 5. The predicted octanol–water partition coefficient (Wildman–Crippen LogP) is 4.65. The van der Waals surface area contributed by atoms with E-state index in [-0.39, 0.29) is 16.7 Å². The van der Waals surface area contributed by atoms with Crippen LogP contribution in [0.25, 0.3) is 0 Å². The molecular formula is C27H30ClN3O3S. The second kappa shape index (κ2) is 9.80. The van der Waals surface area contributed by atoms with Crippen molar-refractivity contribution >= 4 is 33.1 Å². The molecule has 5 rings (SSSR count). The number of ketones is 1. The number of nitrogens with zero attached hydrogens (tertiary/aromatic N) is 3. The number of Topliss-reactive ketones (excluding diaryl/α,β-unsaturated/α-hetero) is 1. The molecule has 2 aromatic carbocycles. The molecule has 8 heteroatoms. The summed E-state index contributed by atoms with van der Waals surface area (Å²) in [6.45, 7) is 5.11. The standard InChI is InChI=1S/C27H30ClN3O3S/c1-20(29-15-17-30(18-16-29)22-13-11-21(28)12-14-22)27(32)25-19-31(26-10-6-5-9-24(25)26)35(33,34)23-7-3-2-4-8-23/h2-4,7-8,11-14,19-20H,5-6,9-10,15-18H2,1H3. The van der Waals surface area contributed by atoms with Gasteiger partial charge in [-0.25, -0.2) is 12.4 Å². The highest BCUT2D eigenvalue weighted by atomic mass is 35.5. The van der Waals surface area contributed by atoms with E-state index in [0.717, 1.165) is 67.4 Å². The Morgan fingerprint density at radius 1 is 0.914 bits per heavy atom. The van der Waals surface area contributed by atoms with Crippen molar-refractivity contribution in [3.05, 3.63) is 82.6 Å². The molecule has 1 aromatic heterocycles. The third kappa shape index (κ3) is 4.65. The predicted molar refractivity (Wildman–Crippen MR) is 139 cm³/mol. The number of carbonyl (C=O) groups excluding carboxylic acids is 1. The molecule has 1 atom stereocenters. The lowest BCUT2D eigenvalue weighted by molar-refractivity contribution is 0.0829. The zero-order valence-electron chi connectivity index (χ0n) is 19.9. The molecule has 35 heavy (non-hydrogen) atoms. The number of benzene rings is 2. The van der Waals surface area contributed by atoms with Gasteiger partial charge in [-0.2, -0.15) is 0 Å². The molecule has 0 bridgehead atoms. The zero-order valence-corrected chi connectivity index (χ0v) is 21.4. The molecule has 2 aliphatic rings.